The van der Waals surface area contributed by atoms with E-state index in [1.165, 1.54) is 27.4 Å². The lowest BCUT2D eigenvalue weighted by Gasteiger charge is -2.28. The van der Waals surface area contributed by atoms with Crippen molar-refractivity contribution >= 4 is 39.3 Å². The van der Waals surface area contributed by atoms with Crippen LogP contribution in [-0.4, -0.2) is 69.2 Å². The van der Waals surface area contributed by atoms with Crippen molar-refractivity contribution in [3.63, 3.8) is 0 Å². The van der Waals surface area contributed by atoms with Crippen LogP contribution in [0.25, 0.3) is 0 Å². The maximum absolute atomic E-state index is 13.2. The maximum atomic E-state index is 13.2. The third kappa shape index (κ3) is 5.13. The van der Waals surface area contributed by atoms with Crippen molar-refractivity contribution in [2.75, 3.05) is 43.5 Å². The first-order valence-corrected chi connectivity index (χ1v) is 13.7. The highest BCUT2D eigenvalue weighted by Gasteiger charge is 2.33. The zero-order valence-corrected chi connectivity index (χ0v) is 20.1. The van der Waals surface area contributed by atoms with E-state index in [-0.39, 0.29) is 35.2 Å². The zero-order valence-electron chi connectivity index (χ0n) is 18.4. The normalized spacial score (nSPS) is 23.5. The maximum Gasteiger partial charge on any atom is 0.243 e. The number of carbonyl (C=O) groups is 2. The number of amides is 2. The van der Waals surface area contributed by atoms with Gasteiger partial charge in [0.15, 0.2) is 0 Å². The number of fused-ring (bicyclic) bond motifs is 1. The summed E-state index contributed by atoms with van der Waals surface area (Å²) < 4.78 is 33.0. The molecule has 2 fully saturated rings. The Balaban J connectivity index is 1.61. The highest BCUT2D eigenvalue weighted by atomic mass is 32.2. The number of rotatable bonds is 5. The predicted molar refractivity (Wildman–Crippen MR) is 123 cm³/mol. The number of nitrogens with zero attached hydrogens (tertiary/aromatic N) is 2. The van der Waals surface area contributed by atoms with Crippen molar-refractivity contribution < 1.29 is 22.7 Å². The number of nitrogens with one attached hydrogen (secondary N) is 1. The fourth-order valence-electron chi connectivity index (χ4n) is 4.42. The molecule has 0 spiro atoms. The highest BCUT2D eigenvalue weighted by Crippen LogP contribution is 2.38. The Hall–Kier alpha value is -1.62. The fourth-order valence-corrected chi connectivity index (χ4v) is 6.91. The number of sulfonamides is 1. The Morgan fingerprint density at radius 2 is 1.91 bits per heavy atom. The van der Waals surface area contributed by atoms with Gasteiger partial charge < -0.3 is 15.0 Å². The second-order valence-corrected chi connectivity index (χ2v) is 11.7. The van der Waals surface area contributed by atoms with E-state index < -0.39 is 10.0 Å². The van der Waals surface area contributed by atoms with Crippen LogP contribution in [-0.2, 0) is 24.3 Å². The lowest BCUT2D eigenvalue weighted by Crippen LogP contribution is -2.46. The molecule has 176 valence electrons. The summed E-state index contributed by atoms with van der Waals surface area (Å²) >= 11 is 1.52. The Bertz CT molecular complexity index is 956. The number of anilines is 1. The van der Waals surface area contributed by atoms with Gasteiger partial charge in [-0.1, -0.05) is 26.2 Å². The van der Waals surface area contributed by atoms with Crippen LogP contribution in [0.2, 0.25) is 0 Å². The minimum atomic E-state index is -3.71. The number of hydrogen-bond acceptors (Lipinski definition) is 6. The van der Waals surface area contributed by atoms with E-state index in [0.29, 0.717) is 37.7 Å². The second-order valence-electron chi connectivity index (χ2n) is 8.68. The van der Waals surface area contributed by atoms with E-state index in [4.69, 9.17) is 4.74 Å². The average molecular weight is 482 g/mol. The highest BCUT2D eigenvalue weighted by molar-refractivity contribution is 7.99. The van der Waals surface area contributed by atoms with Crippen molar-refractivity contribution in [3.05, 3.63) is 18.2 Å². The second kappa shape index (κ2) is 10.1. The summed E-state index contributed by atoms with van der Waals surface area (Å²) in [7, 11) is -3.71. The fraction of sp³-hybridized carbons (Fsp3) is 0.636. The van der Waals surface area contributed by atoms with Crippen molar-refractivity contribution in [1.29, 1.82) is 0 Å². The average Bonchev–Trinajstić information content (AvgIpc) is 2.92. The van der Waals surface area contributed by atoms with Crippen LogP contribution in [0, 0.1) is 5.92 Å². The molecule has 1 saturated carbocycles. The molecule has 2 amide bonds. The van der Waals surface area contributed by atoms with Crippen LogP contribution < -0.4 is 10.2 Å². The third-order valence-electron chi connectivity index (χ3n) is 6.28. The molecule has 2 heterocycles. The summed E-state index contributed by atoms with van der Waals surface area (Å²) in [5, 5.41) is 3.07. The van der Waals surface area contributed by atoms with E-state index in [9.17, 15) is 18.0 Å². The molecule has 1 N–H and O–H groups in total. The number of thioether (sulfide) groups is 1. The minimum Gasteiger partial charge on any atom is -0.379 e. The van der Waals surface area contributed by atoms with Crippen molar-refractivity contribution in [2.24, 2.45) is 5.92 Å². The first-order valence-electron chi connectivity index (χ1n) is 11.3. The van der Waals surface area contributed by atoms with Gasteiger partial charge in [0.05, 0.1) is 23.8 Å². The summed E-state index contributed by atoms with van der Waals surface area (Å²) in [6.07, 6.45) is 5.33. The Labute approximate surface area is 194 Å². The van der Waals surface area contributed by atoms with Crippen LogP contribution >= 0.6 is 11.8 Å². The lowest BCUT2D eigenvalue weighted by atomic mass is 9.95. The molecule has 3 aliphatic rings. The van der Waals surface area contributed by atoms with E-state index in [1.54, 1.807) is 18.2 Å². The molecule has 0 radical (unpaired) electrons. The molecule has 8 nitrogen and oxygen atoms in total. The molecule has 2 aliphatic heterocycles. The van der Waals surface area contributed by atoms with Gasteiger partial charge in [0.2, 0.25) is 21.8 Å². The zero-order chi connectivity index (χ0) is 22.7. The first-order chi connectivity index (χ1) is 15.4. The van der Waals surface area contributed by atoms with Crippen LogP contribution in [0.1, 0.15) is 39.0 Å². The molecule has 0 bridgehead atoms. The molecule has 1 aliphatic carbocycles. The molecule has 1 atom stereocenters. The van der Waals surface area contributed by atoms with Gasteiger partial charge in [0.1, 0.15) is 6.54 Å². The van der Waals surface area contributed by atoms with Gasteiger partial charge in [-0.2, -0.15) is 4.31 Å². The van der Waals surface area contributed by atoms with Gasteiger partial charge in [-0.25, -0.2) is 8.42 Å². The molecule has 1 aromatic rings. The van der Waals surface area contributed by atoms with Gasteiger partial charge >= 0.3 is 0 Å². The van der Waals surface area contributed by atoms with Crippen molar-refractivity contribution in [2.45, 2.75) is 54.9 Å². The summed E-state index contributed by atoms with van der Waals surface area (Å²) in [5.41, 5.74) is 0.498. The van der Waals surface area contributed by atoms with E-state index in [2.05, 4.69) is 5.32 Å². The largest absolute Gasteiger partial charge is 0.379 e. The summed E-state index contributed by atoms with van der Waals surface area (Å²) in [6.45, 7) is 3.08. The molecule has 0 unspecified atom stereocenters. The molecule has 4 rings (SSSR count). The molecule has 10 heteroatoms. The van der Waals surface area contributed by atoms with Gasteiger partial charge in [0.25, 0.3) is 0 Å². The van der Waals surface area contributed by atoms with Crippen LogP contribution in [0.3, 0.4) is 0 Å². The van der Waals surface area contributed by atoms with E-state index >= 15 is 0 Å². The smallest absolute Gasteiger partial charge is 0.243 e. The van der Waals surface area contributed by atoms with Gasteiger partial charge in [0, 0.05) is 35.7 Å². The summed E-state index contributed by atoms with van der Waals surface area (Å²) in [6, 6.07) is 5.05. The quantitative estimate of drug-likeness (QED) is 0.693. The Morgan fingerprint density at radius 1 is 1.19 bits per heavy atom. The number of hydrogen-bond donors (Lipinski definition) is 1. The van der Waals surface area contributed by atoms with Gasteiger partial charge in [-0.15, -0.1) is 11.8 Å². The molecule has 1 aromatic carbocycles. The predicted octanol–water partition coefficient (Wildman–Crippen LogP) is 2.23. The van der Waals surface area contributed by atoms with E-state index in [0.717, 1.165) is 30.6 Å². The van der Waals surface area contributed by atoms with Crippen LogP contribution in [0.15, 0.2) is 28.0 Å². The molecular formula is C22H31N3O5S2. The number of carbonyl (C=O) groups excluding carboxylic acids is 2. The number of benzene rings is 1. The first kappa shape index (κ1) is 23.5. The monoisotopic (exact) mass is 481 g/mol. The van der Waals surface area contributed by atoms with Gasteiger partial charge in [-0.05, 0) is 31.0 Å². The Kier molecular flexibility index (Phi) is 7.44. The minimum absolute atomic E-state index is 0.103. The van der Waals surface area contributed by atoms with Crippen molar-refractivity contribution in [3.8, 4) is 0 Å². The standard InChI is InChI=1S/C22H31N3O5S2/c1-16-15-31-20-8-7-18(32(28,29)24-9-11-30-12-10-24)13-19(20)25(22(16)27)14-21(26)23-17-5-3-2-4-6-17/h7-8,13,16-17H,2-6,9-12,14-15H2,1H3,(H,23,26)/t16-/m0/s1. The SMILES string of the molecule is C[C@H]1CSc2ccc(S(=O)(=O)N3CCOCC3)cc2N(CC(=O)NC2CCCCC2)C1=O. The van der Waals surface area contributed by atoms with Crippen LogP contribution in [0.5, 0.6) is 0 Å². The third-order valence-corrected chi connectivity index (χ3v) is 9.49. The summed E-state index contributed by atoms with van der Waals surface area (Å²) in [4.78, 5) is 28.4. The van der Waals surface area contributed by atoms with Gasteiger partial charge in [-0.3, -0.25) is 9.59 Å². The summed E-state index contributed by atoms with van der Waals surface area (Å²) in [5.74, 6) is -0.0378. The Morgan fingerprint density at radius 3 is 2.62 bits per heavy atom. The lowest BCUT2D eigenvalue weighted by molar-refractivity contribution is -0.125. The van der Waals surface area contributed by atoms with Crippen LogP contribution in [0.4, 0.5) is 5.69 Å². The topological polar surface area (TPSA) is 96.0 Å². The molecule has 32 heavy (non-hydrogen) atoms. The van der Waals surface area contributed by atoms with E-state index in [1.807, 2.05) is 6.92 Å². The molecule has 0 aromatic heterocycles. The number of ether oxygens (including phenoxy) is 1. The van der Waals surface area contributed by atoms with Crippen molar-refractivity contribution in [1.82, 2.24) is 9.62 Å². The molecular weight excluding hydrogens is 450 g/mol. The number of morpholine rings is 1. The molecule has 1 saturated heterocycles.